The Morgan fingerprint density at radius 1 is 1.36 bits per heavy atom. The van der Waals surface area contributed by atoms with Gasteiger partial charge in [-0.2, -0.15) is 0 Å². The molecule has 3 aromatic rings. The highest BCUT2D eigenvalue weighted by atomic mass is 35.5. The molecule has 0 aliphatic carbocycles. The van der Waals surface area contributed by atoms with Crippen molar-refractivity contribution in [3.8, 4) is 5.75 Å². The number of carbonyl (C=O) groups is 1. The number of aromatic nitrogens is 2. The monoisotopic (exact) mass is 316 g/mol. The Morgan fingerprint density at radius 3 is 2.95 bits per heavy atom. The summed E-state index contributed by atoms with van der Waals surface area (Å²) in [6.07, 6.45) is 3.17. The van der Waals surface area contributed by atoms with Crippen molar-refractivity contribution in [2.75, 3.05) is 0 Å². The molecule has 0 fully saturated rings. The Bertz CT molecular complexity index is 807. The van der Waals surface area contributed by atoms with E-state index in [-0.39, 0.29) is 18.3 Å². The largest absolute Gasteiger partial charge is 0.486 e. The van der Waals surface area contributed by atoms with Gasteiger partial charge in [-0.15, -0.1) is 0 Å². The van der Waals surface area contributed by atoms with E-state index in [0.717, 1.165) is 0 Å². The van der Waals surface area contributed by atoms with Crippen molar-refractivity contribution < 1.29 is 13.9 Å². The molecule has 22 heavy (non-hydrogen) atoms. The number of aryl methyl sites for hydroxylation is 1. The maximum absolute atomic E-state index is 12.2. The molecule has 1 aromatic carbocycles. The summed E-state index contributed by atoms with van der Waals surface area (Å²) in [5, 5.41) is 0.600. The second-order valence-corrected chi connectivity index (χ2v) is 5.10. The fraction of sp³-hybridized carbons (Fsp3) is 0.125. The first-order valence-electron chi connectivity index (χ1n) is 6.65. The van der Waals surface area contributed by atoms with Crippen molar-refractivity contribution >= 4 is 17.5 Å². The zero-order chi connectivity index (χ0) is 15.5. The van der Waals surface area contributed by atoms with E-state index in [2.05, 4.69) is 4.98 Å². The summed E-state index contributed by atoms with van der Waals surface area (Å²) in [4.78, 5) is 16.2. The summed E-state index contributed by atoms with van der Waals surface area (Å²) in [5.74, 6) is 1.79. The molecule has 0 aliphatic heterocycles. The second-order valence-electron chi connectivity index (χ2n) is 4.66. The number of furan rings is 1. The van der Waals surface area contributed by atoms with Crippen molar-refractivity contribution in [1.29, 1.82) is 0 Å². The predicted molar refractivity (Wildman–Crippen MR) is 81.2 cm³/mol. The normalized spacial score (nSPS) is 10.6. The molecule has 0 bridgehead atoms. The lowest BCUT2D eigenvalue weighted by molar-refractivity contribution is 0.0926. The molecule has 2 heterocycles. The SMILES string of the molecule is Cc1nccn1C(=O)c1ccc(COc2cccc(Cl)c2)o1. The lowest BCUT2D eigenvalue weighted by atomic mass is 10.3. The fourth-order valence-electron chi connectivity index (χ4n) is 1.99. The number of imidazole rings is 1. The number of hydrogen-bond acceptors (Lipinski definition) is 4. The average Bonchev–Trinajstić information content (AvgIpc) is 3.13. The summed E-state index contributed by atoms with van der Waals surface area (Å²) in [6, 6.07) is 10.4. The highest BCUT2D eigenvalue weighted by Crippen LogP contribution is 2.19. The first kappa shape index (κ1) is 14.4. The van der Waals surface area contributed by atoms with E-state index >= 15 is 0 Å². The summed E-state index contributed by atoms with van der Waals surface area (Å²) < 4.78 is 12.5. The summed E-state index contributed by atoms with van der Waals surface area (Å²) in [7, 11) is 0. The van der Waals surface area contributed by atoms with Crippen molar-refractivity contribution in [1.82, 2.24) is 9.55 Å². The van der Waals surface area contributed by atoms with Gasteiger partial charge in [-0.3, -0.25) is 9.36 Å². The number of ether oxygens (including phenoxy) is 1. The van der Waals surface area contributed by atoms with Crippen LogP contribution >= 0.6 is 11.6 Å². The number of benzene rings is 1. The molecule has 0 N–H and O–H groups in total. The van der Waals surface area contributed by atoms with E-state index in [0.29, 0.717) is 22.4 Å². The van der Waals surface area contributed by atoms with Crippen molar-refractivity contribution in [2.24, 2.45) is 0 Å². The van der Waals surface area contributed by atoms with Crippen LogP contribution in [0.15, 0.2) is 53.2 Å². The van der Waals surface area contributed by atoms with E-state index in [4.69, 9.17) is 20.8 Å². The molecular formula is C16H13ClN2O3. The second kappa shape index (κ2) is 6.07. The third-order valence-corrected chi connectivity index (χ3v) is 3.33. The number of hydrogen-bond donors (Lipinski definition) is 0. The van der Waals surface area contributed by atoms with Crippen molar-refractivity contribution in [3.05, 3.63) is 71.2 Å². The van der Waals surface area contributed by atoms with E-state index in [1.807, 2.05) is 0 Å². The number of halogens is 1. The maximum Gasteiger partial charge on any atom is 0.299 e. The van der Waals surface area contributed by atoms with Gasteiger partial charge in [0.05, 0.1) is 0 Å². The maximum atomic E-state index is 12.2. The van der Waals surface area contributed by atoms with E-state index in [1.165, 1.54) is 4.57 Å². The molecule has 0 saturated heterocycles. The fourth-order valence-corrected chi connectivity index (χ4v) is 2.17. The average molecular weight is 317 g/mol. The molecule has 2 aromatic heterocycles. The Morgan fingerprint density at radius 2 is 2.23 bits per heavy atom. The summed E-state index contributed by atoms with van der Waals surface area (Å²) in [6.45, 7) is 1.97. The van der Waals surface area contributed by atoms with Crippen LogP contribution in [0.2, 0.25) is 5.02 Å². The Hall–Kier alpha value is -2.53. The zero-order valence-corrected chi connectivity index (χ0v) is 12.6. The Labute approximate surface area is 132 Å². The summed E-state index contributed by atoms with van der Waals surface area (Å²) >= 11 is 5.89. The standard InChI is InChI=1S/C16H13ClN2O3/c1-11-18-7-8-19(11)16(20)15-6-5-14(22-15)10-21-13-4-2-3-12(17)9-13/h2-9H,10H2,1H3. The molecule has 3 rings (SSSR count). The van der Waals surface area contributed by atoms with Gasteiger partial charge in [0, 0.05) is 17.4 Å². The summed E-state index contributed by atoms with van der Waals surface area (Å²) in [5.41, 5.74) is 0. The van der Waals surface area contributed by atoms with Crippen LogP contribution in [-0.4, -0.2) is 15.5 Å². The minimum absolute atomic E-state index is 0.219. The van der Waals surface area contributed by atoms with Gasteiger partial charge in [-0.1, -0.05) is 17.7 Å². The minimum atomic E-state index is -0.260. The zero-order valence-electron chi connectivity index (χ0n) is 11.8. The van der Waals surface area contributed by atoms with Crippen molar-refractivity contribution in [3.63, 3.8) is 0 Å². The van der Waals surface area contributed by atoms with Crippen molar-refractivity contribution in [2.45, 2.75) is 13.5 Å². The van der Waals surface area contributed by atoms with Crippen LogP contribution in [0.5, 0.6) is 5.75 Å². The molecule has 5 nitrogen and oxygen atoms in total. The molecular weight excluding hydrogens is 304 g/mol. The molecule has 0 unspecified atom stereocenters. The molecule has 0 saturated carbocycles. The van der Waals surface area contributed by atoms with E-state index < -0.39 is 0 Å². The Kier molecular flexibility index (Phi) is 3.98. The van der Waals surface area contributed by atoms with Crippen LogP contribution < -0.4 is 4.74 Å². The lowest BCUT2D eigenvalue weighted by Gasteiger charge is -2.04. The van der Waals surface area contributed by atoms with Crippen LogP contribution in [0.25, 0.3) is 0 Å². The number of rotatable bonds is 4. The van der Waals surface area contributed by atoms with Gasteiger partial charge in [0.25, 0.3) is 5.91 Å². The van der Waals surface area contributed by atoms with Crippen LogP contribution in [0.3, 0.4) is 0 Å². The first-order chi connectivity index (χ1) is 10.6. The molecule has 0 aliphatic rings. The highest BCUT2D eigenvalue weighted by molar-refractivity contribution is 6.30. The molecule has 6 heteroatoms. The van der Waals surface area contributed by atoms with Gasteiger partial charge < -0.3 is 9.15 Å². The minimum Gasteiger partial charge on any atom is -0.486 e. The molecule has 0 spiro atoms. The van der Waals surface area contributed by atoms with Crippen LogP contribution in [0.1, 0.15) is 22.1 Å². The van der Waals surface area contributed by atoms with E-state index in [9.17, 15) is 4.79 Å². The lowest BCUT2D eigenvalue weighted by Crippen LogP contribution is -2.11. The van der Waals surface area contributed by atoms with Gasteiger partial charge in [-0.25, -0.2) is 4.98 Å². The van der Waals surface area contributed by atoms with E-state index in [1.54, 1.807) is 55.7 Å². The predicted octanol–water partition coefficient (Wildman–Crippen LogP) is 3.71. The highest BCUT2D eigenvalue weighted by Gasteiger charge is 2.15. The van der Waals surface area contributed by atoms with Gasteiger partial charge in [0.1, 0.15) is 23.9 Å². The molecule has 0 radical (unpaired) electrons. The molecule has 112 valence electrons. The Balaban J connectivity index is 1.69. The van der Waals surface area contributed by atoms with Gasteiger partial charge in [0.2, 0.25) is 0 Å². The third-order valence-electron chi connectivity index (χ3n) is 3.09. The van der Waals surface area contributed by atoms with Crippen LogP contribution in [-0.2, 0) is 6.61 Å². The number of nitrogens with zero attached hydrogens (tertiary/aromatic N) is 2. The van der Waals surface area contributed by atoms with Gasteiger partial charge in [0.15, 0.2) is 5.76 Å². The molecule has 0 amide bonds. The smallest absolute Gasteiger partial charge is 0.299 e. The first-order valence-corrected chi connectivity index (χ1v) is 7.03. The third kappa shape index (κ3) is 3.04. The van der Waals surface area contributed by atoms with Gasteiger partial charge in [-0.05, 0) is 37.3 Å². The molecule has 0 atom stereocenters. The van der Waals surface area contributed by atoms with Crippen LogP contribution in [0.4, 0.5) is 0 Å². The van der Waals surface area contributed by atoms with Gasteiger partial charge >= 0.3 is 0 Å². The quantitative estimate of drug-likeness (QED) is 0.736. The van der Waals surface area contributed by atoms with Crippen LogP contribution in [0, 0.1) is 6.92 Å². The topological polar surface area (TPSA) is 57.3 Å². The number of carbonyl (C=O) groups excluding carboxylic acids is 1.